The van der Waals surface area contributed by atoms with E-state index in [1.54, 1.807) is 18.2 Å². The minimum atomic E-state index is -1.03. The number of benzene rings is 2. The topological polar surface area (TPSA) is 49.3 Å². The maximum Gasteiger partial charge on any atom is 0.337 e. The number of nitrogens with one attached hydrogen (secondary N) is 1. The molecule has 2 N–H and O–H groups in total. The van der Waals surface area contributed by atoms with Crippen molar-refractivity contribution in [2.75, 3.05) is 5.32 Å². The molecule has 0 aliphatic carbocycles. The number of aryl methyl sites for hydroxylation is 1. The fourth-order valence-electron chi connectivity index (χ4n) is 2.18. The van der Waals surface area contributed by atoms with E-state index in [1.165, 1.54) is 11.1 Å². The largest absolute Gasteiger partial charge is 0.478 e. The average molecular weight is 290 g/mol. The Balaban J connectivity index is 2.24. The van der Waals surface area contributed by atoms with E-state index >= 15 is 0 Å². The third-order valence-corrected chi connectivity index (χ3v) is 3.56. The molecular formula is C16H16ClNO2. The highest BCUT2D eigenvalue weighted by molar-refractivity contribution is 6.33. The summed E-state index contributed by atoms with van der Waals surface area (Å²) in [6.45, 7) is 4.09. The van der Waals surface area contributed by atoms with Crippen molar-refractivity contribution in [3.8, 4) is 0 Å². The van der Waals surface area contributed by atoms with Gasteiger partial charge in [-0.1, -0.05) is 35.9 Å². The highest BCUT2D eigenvalue weighted by atomic mass is 35.5. The molecule has 0 saturated heterocycles. The summed E-state index contributed by atoms with van der Waals surface area (Å²) in [7, 11) is 0. The standard InChI is InChI=1S/C16H16ClNO2/c1-10-5-3-4-6-13(10)11(2)18-12-7-8-15(17)14(9-12)16(19)20/h3-9,11,18H,1-2H3,(H,19,20). The third kappa shape index (κ3) is 3.11. The van der Waals surface area contributed by atoms with Gasteiger partial charge in [-0.25, -0.2) is 4.79 Å². The molecule has 0 heterocycles. The van der Waals surface area contributed by atoms with Crippen molar-refractivity contribution in [3.63, 3.8) is 0 Å². The smallest absolute Gasteiger partial charge is 0.337 e. The molecular weight excluding hydrogens is 274 g/mol. The molecule has 0 saturated carbocycles. The monoisotopic (exact) mass is 289 g/mol. The third-order valence-electron chi connectivity index (χ3n) is 3.23. The number of rotatable bonds is 4. The van der Waals surface area contributed by atoms with E-state index in [4.69, 9.17) is 16.7 Å². The summed E-state index contributed by atoms with van der Waals surface area (Å²) in [6.07, 6.45) is 0. The van der Waals surface area contributed by atoms with E-state index in [-0.39, 0.29) is 16.6 Å². The fraction of sp³-hybridized carbons (Fsp3) is 0.188. The lowest BCUT2D eigenvalue weighted by atomic mass is 10.0. The second-order valence-electron chi connectivity index (χ2n) is 4.72. The fourth-order valence-corrected chi connectivity index (χ4v) is 2.38. The zero-order valence-corrected chi connectivity index (χ0v) is 12.1. The second-order valence-corrected chi connectivity index (χ2v) is 5.13. The number of carboxylic acids is 1. The van der Waals surface area contributed by atoms with Crippen LogP contribution in [0.2, 0.25) is 5.02 Å². The summed E-state index contributed by atoms with van der Waals surface area (Å²) in [4.78, 5) is 11.1. The van der Waals surface area contributed by atoms with E-state index in [1.807, 2.05) is 19.1 Å². The Morgan fingerprint density at radius 3 is 2.60 bits per heavy atom. The molecule has 0 radical (unpaired) electrons. The normalized spacial score (nSPS) is 11.9. The summed E-state index contributed by atoms with van der Waals surface area (Å²) in [5.41, 5.74) is 3.22. The van der Waals surface area contributed by atoms with Crippen LogP contribution in [0.4, 0.5) is 5.69 Å². The van der Waals surface area contributed by atoms with Crippen LogP contribution in [0.5, 0.6) is 0 Å². The predicted octanol–water partition coefficient (Wildman–Crippen LogP) is 4.52. The van der Waals surface area contributed by atoms with Crippen molar-refractivity contribution in [2.24, 2.45) is 0 Å². The van der Waals surface area contributed by atoms with Gasteiger partial charge in [-0.15, -0.1) is 0 Å². The Labute approximate surface area is 123 Å². The van der Waals surface area contributed by atoms with Crippen LogP contribution < -0.4 is 5.32 Å². The second kappa shape index (κ2) is 5.97. The molecule has 0 aliphatic heterocycles. The highest BCUT2D eigenvalue weighted by Crippen LogP contribution is 2.25. The van der Waals surface area contributed by atoms with Crippen molar-refractivity contribution >= 4 is 23.3 Å². The van der Waals surface area contributed by atoms with Crippen LogP contribution in [-0.4, -0.2) is 11.1 Å². The Morgan fingerprint density at radius 2 is 1.95 bits per heavy atom. The van der Waals surface area contributed by atoms with Crippen molar-refractivity contribution in [1.29, 1.82) is 0 Å². The van der Waals surface area contributed by atoms with Crippen LogP contribution in [0, 0.1) is 6.92 Å². The summed E-state index contributed by atoms with van der Waals surface area (Å²) >= 11 is 5.86. The number of hydrogen-bond acceptors (Lipinski definition) is 2. The quantitative estimate of drug-likeness (QED) is 0.870. The van der Waals surface area contributed by atoms with Gasteiger partial charge in [0.2, 0.25) is 0 Å². The molecule has 2 aromatic carbocycles. The molecule has 0 amide bonds. The summed E-state index contributed by atoms with van der Waals surface area (Å²) in [6, 6.07) is 13.1. The van der Waals surface area contributed by atoms with Gasteiger partial charge in [0.05, 0.1) is 10.6 Å². The molecule has 2 aromatic rings. The number of aromatic carboxylic acids is 1. The van der Waals surface area contributed by atoms with Gasteiger partial charge in [0.1, 0.15) is 0 Å². The van der Waals surface area contributed by atoms with Crippen LogP contribution in [0.1, 0.15) is 34.5 Å². The van der Waals surface area contributed by atoms with Gasteiger partial charge in [-0.05, 0) is 43.2 Å². The van der Waals surface area contributed by atoms with Crippen molar-refractivity contribution in [3.05, 3.63) is 64.2 Å². The minimum Gasteiger partial charge on any atom is -0.478 e. The molecule has 4 heteroatoms. The van der Waals surface area contributed by atoms with E-state index in [9.17, 15) is 4.79 Å². The maximum atomic E-state index is 11.1. The first-order valence-corrected chi connectivity index (χ1v) is 6.71. The van der Waals surface area contributed by atoms with Crippen LogP contribution in [0.25, 0.3) is 0 Å². The molecule has 0 aliphatic rings. The Bertz CT molecular complexity index is 640. The van der Waals surface area contributed by atoms with Gasteiger partial charge in [-0.3, -0.25) is 0 Å². The van der Waals surface area contributed by atoms with E-state index in [0.717, 1.165) is 5.69 Å². The van der Waals surface area contributed by atoms with Crippen LogP contribution in [0.15, 0.2) is 42.5 Å². The Hall–Kier alpha value is -2.00. The molecule has 1 unspecified atom stereocenters. The van der Waals surface area contributed by atoms with Crippen molar-refractivity contribution in [1.82, 2.24) is 0 Å². The van der Waals surface area contributed by atoms with Gasteiger partial charge in [0.15, 0.2) is 0 Å². The molecule has 0 spiro atoms. The van der Waals surface area contributed by atoms with Gasteiger partial charge in [-0.2, -0.15) is 0 Å². The lowest BCUT2D eigenvalue weighted by Gasteiger charge is -2.18. The maximum absolute atomic E-state index is 11.1. The molecule has 0 aromatic heterocycles. The van der Waals surface area contributed by atoms with Gasteiger partial charge >= 0.3 is 5.97 Å². The molecule has 104 valence electrons. The van der Waals surface area contributed by atoms with Gasteiger partial charge in [0, 0.05) is 11.7 Å². The molecule has 20 heavy (non-hydrogen) atoms. The number of halogens is 1. The van der Waals surface area contributed by atoms with Gasteiger partial charge in [0.25, 0.3) is 0 Å². The first kappa shape index (κ1) is 14.4. The predicted molar refractivity (Wildman–Crippen MR) is 81.6 cm³/mol. The Morgan fingerprint density at radius 1 is 1.25 bits per heavy atom. The first-order chi connectivity index (χ1) is 9.49. The zero-order valence-electron chi connectivity index (χ0n) is 11.4. The first-order valence-electron chi connectivity index (χ1n) is 6.34. The highest BCUT2D eigenvalue weighted by Gasteiger charge is 2.12. The molecule has 3 nitrogen and oxygen atoms in total. The summed E-state index contributed by atoms with van der Waals surface area (Å²) < 4.78 is 0. The lowest BCUT2D eigenvalue weighted by Crippen LogP contribution is -2.09. The average Bonchev–Trinajstić information content (AvgIpc) is 2.41. The molecule has 2 rings (SSSR count). The molecule has 0 fully saturated rings. The number of carboxylic acid groups (broad SMARTS) is 1. The molecule has 0 bridgehead atoms. The number of anilines is 1. The lowest BCUT2D eigenvalue weighted by molar-refractivity contribution is 0.0697. The molecule has 1 atom stereocenters. The number of carbonyl (C=O) groups is 1. The van der Waals surface area contributed by atoms with E-state index in [2.05, 4.69) is 24.4 Å². The number of hydrogen-bond donors (Lipinski definition) is 2. The zero-order chi connectivity index (χ0) is 14.7. The van der Waals surface area contributed by atoms with Crippen molar-refractivity contribution in [2.45, 2.75) is 19.9 Å². The SMILES string of the molecule is Cc1ccccc1C(C)Nc1ccc(Cl)c(C(=O)O)c1. The van der Waals surface area contributed by atoms with Crippen molar-refractivity contribution < 1.29 is 9.90 Å². The van der Waals surface area contributed by atoms with Crippen LogP contribution in [-0.2, 0) is 0 Å². The minimum absolute atomic E-state index is 0.0824. The van der Waals surface area contributed by atoms with Crippen LogP contribution >= 0.6 is 11.6 Å². The van der Waals surface area contributed by atoms with E-state index < -0.39 is 5.97 Å². The summed E-state index contributed by atoms with van der Waals surface area (Å²) in [5, 5.41) is 12.6. The Kier molecular flexibility index (Phi) is 4.30. The van der Waals surface area contributed by atoms with E-state index in [0.29, 0.717) is 0 Å². The summed E-state index contributed by atoms with van der Waals surface area (Å²) in [5.74, 6) is -1.03. The van der Waals surface area contributed by atoms with Gasteiger partial charge < -0.3 is 10.4 Å². The van der Waals surface area contributed by atoms with Crippen LogP contribution in [0.3, 0.4) is 0 Å².